The monoisotopic (exact) mass is 262 g/mol. The minimum Gasteiger partial charge on any atom is -0.327 e. The van der Waals surface area contributed by atoms with Gasteiger partial charge in [0.15, 0.2) is 6.54 Å². The highest BCUT2D eigenvalue weighted by Gasteiger charge is 2.18. The van der Waals surface area contributed by atoms with Crippen molar-refractivity contribution in [3.05, 3.63) is 29.6 Å². The molecule has 1 aromatic carbocycles. The second kappa shape index (κ2) is 6.30. The Morgan fingerprint density at radius 3 is 2.79 bits per heavy atom. The zero-order valence-electron chi connectivity index (χ0n) is 10.7. The van der Waals surface area contributed by atoms with Crippen LogP contribution in [0.4, 0.5) is 10.1 Å². The van der Waals surface area contributed by atoms with E-state index in [0.29, 0.717) is 6.54 Å². The maximum absolute atomic E-state index is 13.4. The molecule has 2 rings (SSSR count). The molecule has 100 valence electrons. The highest BCUT2D eigenvalue weighted by atomic mass is 19.1. The summed E-state index contributed by atoms with van der Waals surface area (Å²) in [4.78, 5) is 13.1. The van der Waals surface area contributed by atoms with E-state index in [0.717, 1.165) is 25.9 Å². The first kappa shape index (κ1) is 13.5. The van der Waals surface area contributed by atoms with Gasteiger partial charge in [0.2, 0.25) is 0 Å². The van der Waals surface area contributed by atoms with Gasteiger partial charge in [-0.2, -0.15) is 5.26 Å². The van der Waals surface area contributed by atoms with Crippen LogP contribution in [0.15, 0.2) is 18.2 Å². The molecule has 1 heterocycles. The fraction of sp³-hybridized carbons (Fsp3) is 0.429. The molecule has 0 radical (unpaired) electrons. The topological polar surface area (TPSA) is 57.3 Å². The summed E-state index contributed by atoms with van der Waals surface area (Å²) in [6, 6.07) is 6.02. The van der Waals surface area contributed by atoms with E-state index in [9.17, 15) is 9.18 Å². The van der Waals surface area contributed by atoms with Crippen LogP contribution in [-0.2, 0) is 4.79 Å². The number of benzene rings is 1. The molecule has 1 fully saturated rings. The Morgan fingerprint density at radius 2 is 2.11 bits per heavy atom. The van der Waals surface area contributed by atoms with Gasteiger partial charge in [0.05, 0.1) is 18.8 Å². The number of quaternary nitrogens is 1. The second-order valence-electron chi connectivity index (χ2n) is 4.81. The van der Waals surface area contributed by atoms with E-state index in [-0.39, 0.29) is 17.2 Å². The average Bonchev–Trinajstić information content (AvgIpc) is 2.40. The Morgan fingerprint density at radius 1 is 1.37 bits per heavy atom. The molecule has 2 N–H and O–H groups in total. The maximum atomic E-state index is 13.4. The van der Waals surface area contributed by atoms with Crippen LogP contribution < -0.4 is 10.2 Å². The van der Waals surface area contributed by atoms with Gasteiger partial charge in [-0.1, -0.05) is 6.07 Å². The number of nitriles is 1. The largest absolute Gasteiger partial charge is 0.327 e. The van der Waals surface area contributed by atoms with Crippen molar-refractivity contribution in [3.63, 3.8) is 0 Å². The predicted octanol–water partition coefficient (Wildman–Crippen LogP) is 0.705. The van der Waals surface area contributed by atoms with Crippen molar-refractivity contribution in [3.8, 4) is 6.07 Å². The molecule has 4 nitrogen and oxygen atoms in total. The molecule has 0 aliphatic carbocycles. The first-order valence-electron chi connectivity index (χ1n) is 6.52. The van der Waals surface area contributed by atoms with Gasteiger partial charge in [-0.05, 0) is 31.4 Å². The lowest BCUT2D eigenvalue weighted by Gasteiger charge is -2.22. The van der Waals surface area contributed by atoms with Crippen LogP contribution in [-0.4, -0.2) is 25.5 Å². The lowest BCUT2D eigenvalue weighted by atomic mass is 10.1. The van der Waals surface area contributed by atoms with Crippen molar-refractivity contribution in [1.82, 2.24) is 0 Å². The smallest absolute Gasteiger partial charge is 0.279 e. The summed E-state index contributed by atoms with van der Waals surface area (Å²) in [6.45, 7) is 2.38. The Labute approximate surface area is 111 Å². The zero-order valence-corrected chi connectivity index (χ0v) is 10.7. The summed E-state index contributed by atoms with van der Waals surface area (Å²) in [6.07, 6.45) is 3.52. The molecule has 0 unspecified atom stereocenters. The number of nitrogens with one attached hydrogen (secondary N) is 2. The van der Waals surface area contributed by atoms with Crippen LogP contribution in [0.25, 0.3) is 0 Å². The highest BCUT2D eigenvalue weighted by Crippen LogP contribution is 2.17. The molecule has 19 heavy (non-hydrogen) atoms. The van der Waals surface area contributed by atoms with Gasteiger partial charge < -0.3 is 10.2 Å². The summed E-state index contributed by atoms with van der Waals surface area (Å²) >= 11 is 0. The van der Waals surface area contributed by atoms with E-state index in [1.54, 1.807) is 12.1 Å². The third-order valence-electron chi connectivity index (χ3n) is 3.37. The molecule has 0 atom stereocenters. The third-order valence-corrected chi connectivity index (χ3v) is 3.37. The van der Waals surface area contributed by atoms with Crippen LogP contribution in [0.5, 0.6) is 0 Å². The summed E-state index contributed by atoms with van der Waals surface area (Å²) in [5.74, 6) is -0.774. The van der Waals surface area contributed by atoms with Gasteiger partial charge >= 0.3 is 0 Å². The molecule has 0 bridgehead atoms. The normalized spacial score (nSPS) is 15.8. The number of carbonyl (C=O) groups excluding carboxylic acids is 1. The molecular weight excluding hydrogens is 245 g/mol. The Balaban J connectivity index is 1.99. The number of hydrogen-bond donors (Lipinski definition) is 2. The van der Waals surface area contributed by atoms with Crippen LogP contribution >= 0.6 is 0 Å². The van der Waals surface area contributed by atoms with Gasteiger partial charge in [-0.3, -0.25) is 4.79 Å². The average molecular weight is 262 g/mol. The Kier molecular flexibility index (Phi) is 4.48. The predicted molar refractivity (Wildman–Crippen MR) is 69.2 cm³/mol. The van der Waals surface area contributed by atoms with Crippen molar-refractivity contribution in [1.29, 1.82) is 5.26 Å². The first-order chi connectivity index (χ1) is 9.20. The number of likely N-dealkylation sites (tertiary alicyclic amines) is 1. The second-order valence-corrected chi connectivity index (χ2v) is 4.81. The standard InChI is InChI=1S/C14H16FN3O/c15-12-5-4-6-13(11(12)9-16)17-14(19)10-18-7-2-1-3-8-18/h4-6H,1-3,7-8,10H2,(H,17,19)/p+1. The van der Waals surface area contributed by atoms with E-state index in [4.69, 9.17) is 5.26 Å². The Bertz CT molecular complexity index is 504. The zero-order chi connectivity index (χ0) is 13.7. The first-order valence-corrected chi connectivity index (χ1v) is 6.52. The van der Waals surface area contributed by atoms with Crippen LogP contribution in [0.3, 0.4) is 0 Å². The number of rotatable bonds is 3. The van der Waals surface area contributed by atoms with E-state index < -0.39 is 5.82 Å². The molecule has 1 saturated heterocycles. The van der Waals surface area contributed by atoms with Gasteiger partial charge in [0.1, 0.15) is 17.4 Å². The quantitative estimate of drug-likeness (QED) is 0.842. The molecule has 0 spiro atoms. The van der Waals surface area contributed by atoms with Crippen LogP contribution in [0.1, 0.15) is 24.8 Å². The minimum absolute atomic E-state index is 0.107. The number of carbonyl (C=O) groups is 1. The van der Waals surface area contributed by atoms with Gasteiger partial charge in [0, 0.05) is 0 Å². The highest BCUT2D eigenvalue weighted by molar-refractivity contribution is 5.92. The number of nitrogens with zero attached hydrogens (tertiary/aromatic N) is 1. The lowest BCUT2D eigenvalue weighted by Crippen LogP contribution is -3.13. The fourth-order valence-electron chi connectivity index (χ4n) is 2.39. The van der Waals surface area contributed by atoms with Gasteiger partial charge in [-0.25, -0.2) is 4.39 Å². The van der Waals surface area contributed by atoms with E-state index in [2.05, 4.69) is 5.32 Å². The summed E-state index contributed by atoms with van der Waals surface area (Å²) in [5, 5.41) is 11.5. The van der Waals surface area contributed by atoms with Gasteiger partial charge in [0.25, 0.3) is 5.91 Å². The molecule has 1 aliphatic heterocycles. The molecule has 0 aromatic heterocycles. The third kappa shape index (κ3) is 3.52. The molecule has 0 saturated carbocycles. The van der Waals surface area contributed by atoms with Crippen LogP contribution in [0, 0.1) is 17.1 Å². The summed E-state index contributed by atoms with van der Waals surface area (Å²) < 4.78 is 13.4. The van der Waals surface area contributed by atoms with Gasteiger partial charge in [-0.15, -0.1) is 0 Å². The van der Waals surface area contributed by atoms with E-state index >= 15 is 0 Å². The van der Waals surface area contributed by atoms with Crippen molar-refractivity contribution >= 4 is 11.6 Å². The number of halogens is 1. The van der Waals surface area contributed by atoms with Crippen molar-refractivity contribution in [2.45, 2.75) is 19.3 Å². The van der Waals surface area contributed by atoms with E-state index in [1.807, 2.05) is 0 Å². The maximum Gasteiger partial charge on any atom is 0.279 e. The van der Waals surface area contributed by atoms with E-state index in [1.165, 1.54) is 23.5 Å². The lowest BCUT2D eigenvalue weighted by molar-refractivity contribution is -0.896. The molecule has 1 aliphatic rings. The number of piperidine rings is 1. The van der Waals surface area contributed by atoms with Crippen LogP contribution in [0.2, 0.25) is 0 Å². The number of amides is 1. The molecule has 5 heteroatoms. The van der Waals surface area contributed by atoms with Crippen molar-refractivity contribution in [2.75, 3.05) is 25.0 Å². The number of anilines is 1. The van der Waals surface area contributed by atoms with Crippen molar-refractivity contribution in [2.24, 2.45) is 0 Å². The Hall–Kier alpha value is -1.93. The summed E-state index contributed by atoms with van der Waals surface area (Å²) in [5.41, 5.74) is 0.147. The summed E-state index contributed by atoms with van der Waals surface area (Å²) in [7, 11) is 0. The number of hydrogen-bond acceptors (Lipinski definition) is 2. The SMILES string of the molecule is N#Cc1c(F)cccc1NC(=O)C[NH+]1CCCCC1. The molecule has 1 aromatic rings. The molecular formula is C14H17FN3O+. The fourth-order valence-corrected chi connectivity index (χ4v) is 2.39. The minimum atomic E-state index is -0.606. The molecule has 1 amide bonds. The van der Waals surface area contributed by atoms with Crippen molar-refractivity contribution < 1.29 is 14.1 Å².